The normalized spacial score (nSPS) is 17.8. The third kappa shape index (κ3) is 4.93. The van der Waals surface area contributed by atoms with E-state index in [2.05, 4.69) is 16.7 Å². The van der Waals surface area contributed by atoms with Gasteiger partial charge in [-0.15, -0.1) is 0 Å². The van der Waals surface area contributed by atoms with Crippen LogP contribution in [0.3, 0.4) is 0 Å². The van der Waals surface area contributed by atoms with E-state index in [0.29, 0.717) is 12.8 Å². The van der Waals surface area contributed by atoms with Crippen LogP contribution in [0.25, 0.3) is 0 Å². The highest BCUT2D eigenvalue weighted by Gasteiger charge is 2.16. The van der Waals surface area contributed by atoms with Crippen molar-refractivity contribution in [2.45, 2.75) is 32.1 Å². The van der Waals surface area contributed by atoms with Gasteiger partial charge in [0.25, 0.3) is 0 Å². The maximum absolute atomic E-state index is 11.6. The monoisotopic (exact) mass is 235 g/mol. The number of carbonyl (C=O) groups is 1. The molecule has 0 bridgehead atoms. The molecule has 0 aromatic carbocycles. The zero-order chi connectivity index (χ0) is 12.5. The molecule has 1 saturated heterocycles. The molecule has 1 aliphatic heterocycles. The van der Waals surface area contributed by atoms with Crippen molar-refractivity contribution >= 4 is 18.8 Å². The van der Waals surface area contributed by atoms with Crippen molar-refractivity contribution in [1.82, 2.24) is 4.90 Å². The fourth-order valence-corrected chi connectivity index (χ4v) is 1.88. The lowest BCUT2D eigenvalue weighted by molar-refractivity contribution is -0.133. The summed E-state index contributed by atoms with van der Waals surface area (Å²) in [5.74, 6) is 0.285. The van der Waals surface area contributed by atoms with Crippen molar-refractivity contribution in [1.29, 1.82) is 0 Å². The molecule has 0 unspecified atom stereocenters. The van der Waals surface area contributed by atoms with Gasteiger partial charge in [-0.2, -0.15) is 0 Å². The zero-order valence-electron chi connectivity index (χ0n) is 10.6. The molecular formula is C13H21N3O. The lowest BCUT2D eigenvalue weighted by atomic mass is 10.1. The number of nitrogens with zero attached hydrogens (tertiary/aromatic N) is 3. The highest BCUT2D eigenvalue weighted by Crippen LogP contribution is 2.11. The third-order valence-corrected chi connectivity index (χ3v) is 2.89. The maximum Gasteiger partial charge on any atom is 0.222 e. The predicted octanol–water partition coefficient (Wildman–Crippen LogP) is 2.06. The minimum atomic E-state index is 0.285. The number of likely N-dealkylation sites (tertiary alicyclic amines) is 1. The van der Waals surface area contributed by atoms with Crippen molar-refractivity contribution in [2.75, 3.05) is 20.1 Å². The highest BCUT2D eigenvalue weighted by molar-refractivity contribution is 5.76. The maximum atomic E-state index is 11.6. The van der Waals surface area contributed by atoms with E-state index < -0.39 is 0 Å². The Morgan fingerprint density at radius 3 is 3.00 bits per heavy atom. The Morgan fingerprint density at radius 1 is 1.53 bits per heavy atom. The van der Waals surface area contributed by atoms with Gasteiger partial charge in [0.05, 0.1) is 0 Å². The second kappa shape index (κ2) is 7.76. The van der Waals surface area contributed by atoms with E-state index in [0.717, 1.165) is 38.0 Å². The molecule has 0 aliphatic carbocycles. The summed E-state index contributed by atoms with van der Waals surface area (Å²) < 4.78 is 0. The summed E-state index contributed by atoms with van der Waals surface area (Å²) in [7, 11) is 1.74. The molecule has 0 saturated carbocycles. The van der Waals surface area contributed by atoms with Gasteiger partial charge in [-0.1, -0.05) is 6.08 Å². The standard InChI is InChI=1S/C13H21N3O/c1-14-9-8-12(15-2)6-5-11-16-10-4-3-7-13(16)17/h6,9H,2-5,7-8,10-11H2,1H3/b12-6-,14-9?. The van der Waals surface area contributed by atoms with Crippen LogP contribution >= 0.6 is 0 Å². The van der Waals surface area contributed by atoms with Crippen LogP contribution in [0.2, 0.25) is 0 Å². The van der Waals surface area contributed by atoms with Crippen molar-refractivity contribution < 1.29 is 4.79 Å². The third-order valence-electron chi connectivity index (χ3n) is 2.89. The van der Waals surface area contributed by atoms with E-state index >= 15 is 0 Å². The minimum absolute atomic E-state index is 0.285. The van der Waals surface area contributed by atoms with Crippen LogP contribution < -0.4 is 0 Å². The van der Waals surface area contributed by atoms with Crippen LogP contribution in [0.4, 0.5) is 0 Å². The molecule has 17 heavy (non-hydrogen) atoms. The molecule has 1 heterocycles. The van der Waals surface area contributed by atoms with Crippen LogP contribution in [0.1, 0.15) is 32.1 Å². The van der Waals surface area contributed by atoms with E-state index in [1.165, 1.54) is 0 Å². The van der Waals surface area contributed by atoms with Gasteiger partial charge in [-0.25, -0.2) is 0 Å². The Balaban J connectivity index is 2.35. The molecule has 0 aromatic heterocycles. The Kier molecular flexibility index (Phi) is 6.22. The van der Waals surface area contributed by atoms with E-state index in [1.54, 1.807) is 7.05 Å². The van der Waals surface area contributed by atoms with E-state index in [4.69, 9.17) is 0 Å². The molecule has 0 radical (unpaired) electrons. The number of allylic oxidation sites excluding steroid dienone is 1. The minimum Gasteiger partial charge on any atom is -0.342 e. The molecular weight excluding hydrogens is 214 g/mol. The van der Waals surface area contributed by atoms with E-state index in [9.17, 15) is 4.79 Å². The van der Waals surface area contributed by atoms with Crippen molar-refractivity contribution in [3.05, 3.63) is 11.8 Å². The molecule has 0 atom stereocenters. The SMILES string of the molecule is C=N/C(=C\CCN1CCCCC1=O)CC=NC. The lowest BCUT2D eigenvalue weighted by Gasteiger charge is -2.26. The Labute approximate surface area is 103 Å². The molecule has 0 N–H and O–H groups in total. The number of aliphatic imine (C=N–C) groups is 2. The summed E-state index contributed by atoms with van der Waals surface area (Å²) >= 11 is 0. The zero-order valence-corrected chi connectivity index (χ0v) is 10.6. The number of hydrogen-bond donors (Lipinski definition) is 0. The van der Waals surface area contributed by atoms with Crippen molar-refractivity contribution in [3.63, 3.8) is 0 Å². The molecule has 1 amide bonds. The lowest BCUT2D eigenvalue weighted by Crippen LogP contribution is -2.35. The Hall–Kier alpha value is -1.45. The van der Waals surface area contributed by atoms with Gasteiger partial charge in [0.2, 0.25) is 5.91 Å². The first kappa shape index (κ1) is 13.6. The summed E-state index contributed by atoms with van der Waals surface area (Å²) in [6.45, 7) is 5.23. The van der Waals surface area contributed by atoms with Gasteiger partial charge < -0.3 is 9.89 Å². The van der Waals surface area contributed by atoms with Crippen molar-refractivity contribution in [2.24, 2.45) is 9.98 Å². The van der Waals surface area contributed by atoms with Gasteiger partial charge in [0.1, 0.15) is 0 Å². The quantitative estimate of drug-likeness (QED) is 0.650. The average Bonchev–Trinajstić information content (AvgIpc) is 2.35. The van der Waals surface area contributed by atoms with Gasteiger partial charge in [-0.05, 0) is 26.0 Å². The summed E-state index contributed by atoms with van der Waals surface area (Å²) in [6, 6.07) is 0. The highest BCUT2D eigenvalue weighted by atomic mass is 16.2. The van der Waals surface area contributed by atoms with Gasteiger partial charge >= 0.3 is 0 Å². The summed E-state index contributed by atoms with van der Waals surface area (Å²) in [4.78, 5) is 21.4. The number of hydrogen-bond acceptors (Lipinski definition) is 3. The molecule has 0 spiro atoms. The molecule has 1 rings (SSSR count). The van der Waals surface area contributed by atoms with Gasteiger partial charge in [-0.3, -0.25) is 9.79 Å². The fraction of sp³-hybridized carbons (Fsp3) is 0.615. The number of carbonyl (C=O) groups excluding carboxylic acids is 1. The van der Waals surface area contributed by atoms with Crippen LogP contribution in [0, 0.1) is 0 Å². The first-order chi connectivity index (χ1) is 8.27. The van der Waals surface area contributed by atoms with Crippen molar-refractivity contribution in [3.8, 4) is 0 Å². The molecule has 1 fully saturated rings. The molecule has 1 aliphatic rings. The Bertz CT molecular complexity index is 321. The summed E-state index contributed by atoms with van der Waals surface area (Å²) in [6.07, 6.45) is 8.29. The topological polar surface area (TPSA) is 45.0 Å². The smallest absolute Gasteiger partial charge is 0.222 e. The summed E-state index contributed by atoms with van der Waals surface area (Å²) in [5, 5.41) is 0. The number of rotatable bonds is 6. The van der Waals surface area contributed by atoms with Crippen LogP contribution in [-0.4, -0.2) is 43.9 Å². The van der Waals surface area contributed by atoms with Gasteiger partial charge in [0.15, 0.2) is 0 Å². The van der Waals surface area contributed by atoms with Gasteiger partial charge in [0, 0.05) is 44.9 Å². The number of amides is 1. The first-order valence-corrected chi connectivity index (χ1v) is 6.12. The van der Waals surface area contributed by atoms with E-state index in [-0.39, 0.29) is 5.91 Å². The van der Waals surface area contributed by atoms with Crippen LogP contribution in [0.5, 0.6) is 0 Å². The molecule has 4 nitrogen and oxygen atoms in total. The van der Waals surface area contributed by atoms with E-state index in [1.807, 2.05) is 17.2 Å². The summed E-state index contributed by atoms with van der Waals surface area (Å²) in [5.41, 5.74) is 0.931. The molecule has 0 aromatic rings. The Morgan fingerprint density at radius 2 is 2.35 bits per heavy atom. The fourth-order valence-electron chi connectivity index (χ4n) is 1.88. The number of piperidine rings is 1. The second-order valence-electron chi connectivity index (χ2n) is 4.13. The van der Waals surface area contributed by atoms with Crippen LogP contribution in [-0.2, 0) is 4.79 Å². The largest absolute Gasteiger partial charge is 0.342 e. The first-order valence-electron chi connectivity index (χ1n) is 6.12. The molecule has 94 valence electrons. The average molecular weight is 235 g/mol. The second-order valence-corrected chi connectivity index (χ2v) is 4.13. The predicted molar refractivity (Wildman–Crippen MR) is 71.7 cm³/mol. The molecule has 4 heteroatoms. The van der Waals surface area contributed by atoms with Crippen LogP contribution in [0.15, 0.2) is 21.8 Å².